The van der Waals surface area contributed by atoms with E-state index in [0.29, 0.717) is 25.3 Å². The predicted molar refractivity (Wildman–Crippen MR) is 136 cm³/mol. The summed E-state index contributed by atoms with van der Waals surface area (Å²) in [6, 6.07) is 13.4. The number of rotatable bonds is 5. The van der Waals surface area contributed by atoms with E-state index in [1.54, 1.807) is 35.1 Å². The fourth-order valence-corrected chi connectivity index (χ4v) is 4.29. The first kappa shape index (κ1) is 23.4. The number of anilines is 2. The average Bonchev–Trinajstić information content (AvgIpc) is 3.22. The van der Waals surface area contributed by atoms with Gasteiger partial charge in [0, 0.05) is 37.8 Å². The lowest BCUT2D eigenvalue weighted by Crippen LogP contribution is -2.47. The third kappa shape index (κ3) is 5.03. The van der Waals surface area contributed by atoms with Crippen LogP contribution in [0.5, 0.6) is 0 Å². The van der Waals surface area contributed by atoms with Gasteiger partial charge in [-0.1, -0.05) is 18.2 Å². The summed E-state index contributed by atoms with van der Waals surface area (Å²) in [5.74, 6) is -0.481. The average molecular weight is 488 g/mol. The Kier molecular flexibility index (Phi) is 6.34. The molecule has 10 heteroatoms. The molecule has 0 radical (unpaired) electrons. The highest BCUT2D eigenvalue weighted by molar-refractivity contribution is 6.00. The SMILES string of the molecule is Cc1ccc(F)c(NC(=O)Nc2ccc(-c3cc(CN4CCNC(=O)C4)nc4c3cnn4C)cc2)c1. The molecule has 1 aliphatic heterocycles. The van der Waals surface area contributed by atoms with E-state index in [4.69, 9.17) is 4.98 Å². The number of pyridine rings is 1. The second-order valence-corrected chi connectivity index (χ2v) is 8.87. The van der Waals surface area contributed by atoms with Crippen molar-refractivity contribution in [3.8, 4) is 11.1 Å². The summed E-state index contributed by atoms with van der Waals surface area (Å²) in [7, 11) is 1.85. The summed E-state index contributed by atoms with van der Waals surface area (Å²) < 4.78 is 15.7. The second-order valence-electron chi connectivity index (χ2n) is 8.87. The summed E-state index contributed by atoms with van der Waals surface area (Å²) >= 11 is 0. The van der Waals surface area contributed by atoms with Gasteiger partial charge in [0.1, 0.15) is 5.82 Å². The van der Waals surface area contributed by atoms with Crippen LogP contribution in [0.15, 0.2) is 54.7 Å². The van der Waals surface area contributed by atoms with Crippen molar-refractivity contribution in [2.24, 2.45) is 7.05 Å². The number of hydrogen-bond donors (Lipinski definition) is 3. The Morgan fingerprint density at radius 2 is 1.94 bits per heavy atom. The Labute approximate surface area is 207 Å². The lowest BCUT2D eigenvalue weighted by atomic mass is 10.0. The monoisotopic (exact) mass is 487 g/mol. The first-order valence-corrected chi connectivity index (χ1v) is 11.6. The third-order valence-corrected chi connectivity index (χ3v) is 6.08. The summed E-state index contributed by atoms with van der Waals surface area (Å²) in [6.07, 6.45) is 1.78. The molecule has 36 heavy (non-hydrogen) atoms. The number of amides is 3. The zero-order valence-corrected chi connectivity index (χ0v) is 20.0. The van der Waals surface area contributed by atoms with Crippen LogP contribution in [0.2, 0.25) is 0 Å². The summed E-state index contributed by atoms with van der Waals surface area (Å²) in [6.45, 7) is 4.11. The van der Waals surface area contributed by atoms with Crippen molar-refractivity contribution in [3.05, 3.63) is 71.8 Å². The normalized spacial score (nSPS) is 14.0. The molecular weight excluding hydrogens is 461 g/mol. The standard InChI is InChI=1S/C26H26FN7O2/c1-16-3-8-22(27)23(11-16)32-26(36)31-18-6-4-17(5-7-18)20-12-19(14-34-10-9-28-24(35)15-34)30-25-21(20)13-29-33(25)2/h3-8,11-13H,9-10,14-15H2,1-2H3,(H,28,35)(H2,31,32,36). The number of halogens is 1. The highest BCUT2D eigenvalue weighted by Gasteiger charge is 2.19. The molecular formula is C26H26FN7O2. The van der Waals surface area contributed by atoms with Crippen LogP contribution in [0.1, 0.15) is 11.3 Å². The minimum absolute atomic E-state index is 0.0142. The van der Waals surface area contributed by atoms with Crippen LogP contribution in [0.4, 0.5) is 20.6 Å². The van der Waals surface area contributed by atoms with Crippen LogP contribution in [0.3, 0.4) is 0 Å². The Hall–Kier alpha value is -4.31. The Morgan fingerprint density at radius 1 is 1.14 bits per heavy atom. The molecule has 1 fully saturated rings. The van der Waals surface area contributed by atoms with Crippen LogP contribution in [0.25, 0.3) is 22.2 Å². The van der Waals surface area contributed by atoms with Crippen molar-refractivity contribution in [1.82, 2.24) is 25.0 Å². The number of nitrogens with zero attached hydrogens (tertiary/aromatic N) is 4. The van der Waals surface area contributed by atoms with Gasteiger partial charge < -0.3 is 16.0 Å². The predicted octanol–water partition coefficient (Wildman–Crippen LogP) is 3.66. The van der Waals surface area contributed by atoms with Gasteiger partial charge in [-0.3, -0.25) is 14.4 Å². The zero-order valence-electron chi connectivity index (χ0n) is 20.0. The van der Waals surface area contributed by atoms with Gasteiger partial charge in [-0.15, -0.1) is 0 Å². The molecule has 1 saturated heterocycles. The van der Waals surface area contributed by atoms with Crippen molar-refractivity contribution in [1.29, 1.82) is 0 Å². The summed E-state index contributed by atoms with van der Waals surface area (Å²) in [4.78, 5) is 31.0. The number of fused-ring (bicyclic) bond motifs is 1. The van der Waals surface area contributed by atoms with Crippen molar-refractivity contribution in [2.45, 2.75) is 13.5 Å². The van der Waals surface area contributed by atoms with Crippen LogP contribution >= 0.6 is 0 Å². The molecule has 1 aliphatic rings. The van der Waals surface area contributed by atoms with Crippen LogP contribution in [-0.2, 0) is 18.4 Å². The van der Waals surface area contributed by atoms with E-state index in [9.17, 15) is 14.0 Å². The topological polar surface area (TPSA) is 104 Å². The van der Waals surface area contributed by atoms with Crippen molar-refractivity contribution < 1.29 is 14.0 Å². The number of carbonyl (C=O) groups is 2. The molecule has 2 aromatic heterocycles. The molecule has 184 valence electrons. The number of carbonyl (C=O) groups excluding carboxylic acids is 2. The first-order valence-electron chi connectivity index (χ1n) is 11.6. The molecule has 3 amide bonds. The van der Waals surface area contributed by atoms with Gasteiger partial charge in [0.2, 0.25) is 5.91 Å². The minimum atomic E-state index is -0.529. The van der Waals surface area contributed by atoms with Gasteiger partial charge in [0.15, 0.2) is 5.65 Å². The van der Waals surface area contributed by atoms with Gasteiger partial charge in [0.25, 0.3) is 0 Å². The number of piperazine rings is 1. The second kappa shape index (κ2) is 9.74. The number of urea groups is 1. The number of aromatic nitrogens is 3. The molecule has 0 bridgehead atoms. The molecule has 0 atom stereocenters. The molecule has 2 aromatic carbocycles. The summed E-state index contributed by atoms with van der Waals surface area (Å²) in [5.41, 5.74) is 5.03. The zero-order chi connectivity index (χ0) is 25.2. The van der Waals surface area contributed by atoms with Gasteiger partial charge in [-0.2, -0.15) is 5.10 Å². The smallest absolute Gasteiger partial charge is 0.323 e. The van der Waals surface area contributed by atoms with E-state index in [-0.39, 0.29) is 11.6 Å². The van der Waals surface area contributed by atoms with E-state index in [1.807, 2.05) is 32.2 Å². The number of benzene rings is 2. The van der Waals surface area contributed by atoms with Crippen molar-refractivity contribution in [3.63, 3.8) is 0 Å². The molecule has 3 N–H and O–H groups in total. The van der Waals surface area contributed by atoms with Crippen LogP contribution in [-0.4, -0.2) is 51.2 Å². The lowest BCUT2D eigenvalue weighted by Gasteiger charge is -2.26. The number of nitrogens with one attached hydrogen (secondary N) is 3. The molecule has 4 aromatic rings. The molecule has 9 nitrogen and oxygen atoms in total. The maximum absolute atomic E-state index is 14.0. The highest BCUT2D eigenvalue weighted by Crippen LogP contribution is 2.30. The van der Waals surface area contributed by atoms with E-state index < -0.39 is 11.8 Å². The fourth-order valence-electron chi connectivity index (χ4n) is 4.29. The molecule has 0 saturated carbocycles. The minimum Gasteiger partial charge on any atom is -0.354 e. The number of hydrogen-bond acceptors (Lipinski definition) is 5. The Bertz CT molecular complexity index is 1450. The lowest BCUT2D eigenvalue weighted by molar-refractivity contribution is -0.124. The van der Waals surface area contributed by atoms with Crippen molar-refractivity contribution in [2.75, 3.05) is 30.3 Å². The van der Waals surface area contributed by atoms with Gasteiger partial charge >= 0.3 is 6.03 Å². The molecule has 0 spiro atoms. The molecule has 0 unspecified atom stereocenters. The maximum atomic E-state index is 14.0. The molecule has 5 rings (SSSR count). The van der Waals surface area contributed by atoms with E-state index in [0.717, 1.165) is 40.0 Å². The Balaban J connectivity index is 1.36. The van der Waals surface area contributed by atoms with Gasteiger partial charge in [0.05, 0.1) is 24.1 Å². The maximum Gasteiger partial charge on any atom is 0.323 e. The van der Waals surface area contributed by atoms with Gasteiger partial charge in [-0.25, -0.2) is 14.2 Å². The van der Waals surface area contributed by atoms with Crippen molar-refractivity contribution >= 4 is 34.3 Å². The van der Waals surface area contributed by atoms with E-state index in [2.05, 4.69) is 25.9 Å². The van der Waals surface area contributed by atoms with Crippen LogP contribution < -0.4 is 16.0 Å². The first-order chi connectivity index (χ1) is 17.4. The highest BCUT2D eigenvalue weighted by atomic mass is 19.1. The van der Waals surface area contributed by atoms with E-state index in [1.165, 1.54) is 6.07 Å². The van der Waals surface area contributed by atoms with Crippen LogP contribution in [0, 0.1) is 12.7 Å². The summed E-state index contributed by atoms with van der Waals surface area (Å²) in [5, 5.41) is 13.4. The molecule has 0 aliphatic carbocycles. The molecule has 3 heterocycles. The number of aryl methyl sites for hydroxylation is 2. The third-order valence-electron chi connectivity index (χ3n) is 6.08. The van der Waals surface area contributed by atoms with E-state index >= 15 is 0 Å². The largest absolute Gasteiger partial charge is 0.354 e. The fraction of sp³-hybridized carbons (Fsp3) is 0.231. The Morgan fingerprint density at radius 3 is 2.72 bits per heavy atom. The van der Waals surface area contributed by atoms with Gasteiger partial charge in [-0.05, 0) is 53.9 Å². The quantitative estimate of drug-likeness (QED) is 0.399.